The Balaban J connectivity index is 0. The van der Waals surface area contributed by atoms with Crippen molar-refractivity contribution in [2.75, 3.05) is 275 Å². The molecule has 0 spiro atoms. The smallest absolute Gasteiger partial charge is 0.196 e. The highest BCUT2D eigenvalue weighted by Crippen LogP contribution is 2.73. The van der Waals surface area contributed by atoms with Crippen LogP contribution in [0.2, 0.25) is 0 Å². The summed E-state index contributed by atoms with van der Waals surface area (Å²) in [6, 6.07) is 0. The molecule has 5 aliphatic heterocycles. The van der Waals surface area contributed by atoms with Gasteiger partial charge in [0.05, 0.1) is 16.6 Å². The molecule has 3 saturated heterocycles. The van der Waals surface area contributed by atoms with E-state index >= 15 is 0 Å². The lowest BCUT2D eigenvalue weighted by Crippen LogP contribution is -2.50. The van der Waals surface area contributed by atoms with Crippen molar-refractivity contribution in [3.63, 3.8) is 0 Å². The molecule has 3 N–H and O–H groups in total. The summed E-state index contributed by atoms with van der Waals surface area (Å²) in [5.41, 5.74) is 3.63. The van der Waals surface area contributed by atoms with Gasteiger partial charge >= 0.3 is 0 Å². The van der Waals surface area contributed by atoms with Crippen molar-refractivity contribution in [3.05, 3.63) is 0 Å². The van der Waals surface area contributed by atoms with Crippen molar-refractivity contribution in [2.45, 2.75) is 245 Å². The van der Waals surface area contributed by atoms with Crippen LogP contribution in [0.15, 0.2) is 33.5 Å². The maximum Gasteiger partial charge on any atom is 0.196 e. The van der Waals surface area contributed by atoms with E-state index in [-0.39, 0.29) is 18.0 Å². The van der Waals surface area contributed by atoms with Gasteiger partial charge in [0.25, 0.3) is 0 Å². The van der Waals surface area contributed by atoms with Gasteiger partial charge in [-0.1, -0.05) is 66.2 Å². The number of fused-ring (bicyclic) bond motifs is 2. The molecule has 28 nitrogen and oxygen atoms in total. The third kappa shape index (κ3) is 32.9. The number of hydrogen-bond acceptors (Lipinski definition) is 12. The zero-order valence-corrected chi connectivity index (χ0v) is 88.8. The van der Waals surface area contributed by atoms with Crippen LogP contribution in [-0.2, 0) is 0 Å². The minimum atomic E-state index is -1.94. The molecule has 3 aliphatic carbocycles. The largest absolute Gasteiger partial charge is 0.356 e. The van der Waals surface area contributed by atoms with Crippen LogP contribution >= 0.6 is 44.4 Å². The molecule has 35 heteroatoms. The molecule has 6 fully saturated rings. The van der Waals surface area contributed by atoms with Crippen molar-refractivity contribution in [1.29, 1.82) is 11.9 Å². The first-order chi connectivity index (χ1) is 54.0. The molecular formula is C81H193BN28P6. The molecule has 1 unspecified atom stereocenters. The van der Waals surface area contributed by atoms with Gasteiger partial charge in [-0.25, -0.2) is 18.5 Å². The second-order valence-electron chi connectivity index (χ2n) is 37.8. The van der Waals surface area contributed by atoms with Crippen LogP contribution in [0.3, 0.4) is 0 Å². The maximum absolute atomic E-state index is 8.17. The van der Waals surface area contributed by atoms with Crippen LogP contribution in [0.5, 0.6) is 0 Å². The first-order valence-corrected chi connectivity index (χ1v) is 53.9. The minimum Gasteiger partial charge on any atom is -0.356 e. The second-order valence-corrected chi connectivity index (χ2v) is 59.7. The fourth-order valence-electron chi connectivity index (χ4n) is 17.5. The highest BCUT2D eigenvalue weighted by molar-refractivity contribution is 7.73. The fraction of sp³-hybridized carbons (Fsp3) is 0.963. The zero-order chi connectivity index (χ0) is 90.8. The number of rotatable bonds is 19. The molecule has 116 heavy (non-hydrogen) atoms. The summed E-state index contributed by atoms with van der Waals surface area (Å²) in [5.74, 6) is 2.88. The van der Waals surface area contributed by atoms with Gasteiger partial charge in [0.1, 0.15) is 7.36 Å². The molecule has 0 aromatic carbocycles. The Hall–Kier alpha value is -1.27. The molecule has 0 aromatic rings. The van der Waals surface area contributed by atoms with Gasteiger partial charge in [-0.15, -0.1) is 0 Å². The van der Waals surface area contributed by atoms with Gasteiger partial charge in [-0.3, -0.25) is 86.2 Å². The SMILES string of the molecule is C1CN=C2NCCCN2C1.CC(C)(C)N=P(C1CCCC1)(C1CCCC1)C1CCCC1.CCN(CC)P1(=NC(C)(C)C)N(C)CCCN1C.CCN=P(N=P(N(C)C)(N(C)C)N(C)C)(C(C)C)N(C)C.CN(C)C(=N)N(C)C.CN(C)P(=N)(N(C)C)N(C)C.CN(C)P(=NC(C)(C)C)(N(C)C)N(C)C.CN1CCCN2CCCN=C12.[2H][B].[HH]. The third-order valence-electron chi connectivity index (χ3n) is 22.1. The lowest BCUT2D eigenvalue weighted by atomic mass is 10.1. The number of nitrogens with one attached hydrogen (secondary N) is 3. The Labute approximate surface area is 724 Å². The van der Waals surface area contributed by atoms with E-state index in [0.29, 0.717) is 11.6 Å². The lowest BCUT2D eigenvalue weighted by molar-refractivity contribution is 0.269. The van der Waals surface area contributed by atoms with Gasteiger partial charge in [-0.05, 0) is 320 Å². The quantitative estimate of drug-likeness (QED) is 0.0476. The Bertz CT molecular complexity index is 3020. The zero-order valence-electron chi connectivity index (χ0n) is 84.5. The van der Waals surface area contributed by atoms with E-state index in [1.807, 2.05) is 84.5 Å². The first-order valence-electron chi connectivity index (χ1n) is 44.3. The minimum absolute atomic E-state index is 0. The van der Waals surface area contributed by atoms with Crippen molar-refractivity contribution >= 4 is 70.7 Å². The Morgan fingerprint density at radius 1 is 0.491 bits per heavy atom. The maximum atomic E-state index is 8.17. The normalized spacial score (nSPS) is 19.5. The highest BCUT2D eigenvalue weighted by atomic mass is 31.2. The third-order valence-corrected chi connectivity index (χ3v) is 48.5. The highest BCUT2D eigenvalue weighted by Gasteiger charge is 2.47. The van der Waals surface area contributed by atoms with E-state index < -0.39 is 44.4 Å². The van der Waals surface area contributed by atoms with Gasteiger partial charge in [0.15, 0.2) is 47.9 Å². The van der Waals surface area contributed by atoms with Crippen molar-refractivity contribution in [1.82, 2.24) is 90.5 Å². The van der Waals surface area contributed by atoms with Crippen LogP contribution in [-0.4, -0.2) is 427 Å². The molecule has 0 bridgehead atoms. The number of hydrogen-bond donors (Lipinski definition) is 3. The number of aliphatic imine (C=N–C) groups is 2. The second kappa shape index (κ2) is 52.6. The van der Waals surface area contributed by atoms with Gasteiger partial charge in [0, 0.05) is 136 Å². The molecule has 2 radical (unpaired) electrons. The van der Waals surface area contributed by atoms with Crippen LogP contribution in [0.4, 0.5) is 0 Å². The number of nitrogens with zero attached hydrogens (tertiary/aromatic N) is 25. The number of guanidine groups is 3. The standard InChI is InChI=1S/C19H36NP.C13H36N6P2.C13H31N4P.C10H27N4P.C8H15N3.C7H13N3.C6H19N4P.C5H13N3.BH.H2/c1-19(2,3)20-21(16-10-4-5-11-16,17-12-6-7-13-17)18-14-8-9-15-18;1-12-14-20(13(2)3,16(4)5)15-21(17(6)7,18(8)9)19(10)11;1-8-17(9-2)18(14-13(3,4)5)15(6)11-10-12-16(18)7;1-10(2,3)11-15(12(4)5,13(6)7)14(8)9;1-10-5-3-7-11-6-2-4-9-8(10)11;1-3-8-7-9-4-2-6-10(7)5-1;1-8(2)11(7,9(3)4)10(5)6;1-7(2)5(6)8(3)4;;/h16-18H,4-15H2,1-3H3;13H,12H2,1-11H3;8-12H2,1-7H3;1-9H3;2-7H2,1H3;1-6H2,(H,8,9);7H,1-6H3;6H,1-4H3;2*1H/i;;;;;;;;1D;. The molecule has 0 aromatic heterocycles. The summed E-state index contributed by atoms with van der Waals surface area (Å²) in [7, 11) is 48.7. The van der Waals surface area contributed by atoms with E-state index in [0.717, 1.165) is 75.3 Å². The molecule has 5 heterocycles. The van der Waals surface area contributed by atoms with E-state index in [9.17, 15) is 0 Å². The monoisotopic (exact) mass is 1760 g/mol. The summed E-state index contributed by atoms with van der Waals surface area (Å²) in [5, 5.41) is 18.7. The molecule has 3 saturated carbocycles. The van der Waals surface area contributed by atoms with E-state index in [1.54, 1.807) is 9.80 Å². The predicted molar refractivity (Wildman–Crippen MR) is 529 cm³/mol. The Morgan fingerprint density at radius 3 is 1.14 bits per heavy atom. The van der Waals surface area contributed by atoms with Crippen LogP contribution < -0.4 is 5.32 Å². The first kappa shape index (κ1) is 113. The van der Waals surface area contributed by atoms with E-state index in [2.05, 4.69) is 302 Å². The molecule has 0 amide bonds. The van der Waals surface area contributed by atoms with Crippen molar-refractivity contribution in [3.8, 4) is 0 Å². The van der Waals surface area contributed by atoms with Crippen LogP contribution in [0.1, 0.15) is 208 Å². The summed E-state index contributed by atoms with van der Waals surface area (Å²) >= 11 is 0. The molecule has 8 aliphatic rings. The van der Waals surface area contributed by atoms with Crippen LogP contribution in [0.25, 0.3) is 0 Å². The molecular weight excluding hydrogens is 1560 g/mol. The molecule has 690 valence electrons. The average molecular weight is 1760 g/mol. The Morgan fingerprint density at radius 2 is 0.853 bits per heavy atom. The molecule has 8 rings (SSSR count). The fourth-order valence-corrected chi connectivity index (χ4v) is 43.3. The molecule has 1 atom stereocenters. The predicted octanol–water partition coefficient (Wildman–Crippen LogP) is 17.5. The van der Waals surface area contributed by atoms with Gasteiger partial charge in [0.2, 0.25) is 0 Å². The summed E-state index contributed by atoms with van der Waals surface area (Å²) < 4.78 is 61.1. The van der Waals surface area contributed by atoms with E-state index in [4.69, 9.17) is 35.4 Å². The van der Waals surface area contributed by atoms with Crippen molar-refractivity contribution < 1.29 is 1.43 Å². The lowest BCUT2D eigenvalue weighted by Gasteiger charge is -2.50. The van der Waals surface area contributed by atoms with Crippen molar-refractivity contribution in [2.24, 2.45) is 33.5 Å². The van der Waals surface area contributed by atoms with Gasteiger partial charge in [-0.2, -0.15) is 0 Å². The summed E-state index contributed by atoms with van der Waals surface area (Å²) in [6.45, 7) is 45.7. The summed E-state index contributed by atoms with van der Waals surface area (Å²) in [4.78, 5) is 19.4. The van der Waals surface area contributed by atoms with Gasteiger partial charge < -0.3 is 29.8 Å². The average Bonchev–Trinajstić information content (AvgIpc) is 1.17. The topological polar surface area (TPSA) is 205 Å². The van der Waals surface area contributed by atoms with E-state index in [1.165, 1.54) is 148 Å². The van der Waals surface area contributed by atoms with Crippen LogP contribution in [0, 0.1) is 10.6 Å². The Kier molecular flexibility index (Phi) is 51.1. The summed E-state index contributed by atoms with van der Waals surface area (Å²) in [6.07, 6.45) is 24.3.